The van der Waals surface area contributed by atoms with Crippen molar-refractivity contribution in [2.45, 2.75) is 66.1 Å². The van der Waals surface area contributed by atoms with Gasteiger partial charge < -0.3 is 20.5 Å². The van der Waals surface area contributed by atoms with Crippen LogP contribution in [0.25, 0.3) is 11.0 Å². The van der Waals surface area contributed by atoms with E-state index in [-0.39, 0.29) is 11.8 Å². The number of likely N-dealkylation sites (N-methyl/N-ethyl adjacent to an activating group) is 1. The van der Waals surface area contributed by atoms with Crippen molar-refractivity contribution in [2.24, 2.45) is 11.3 Å². The summed E-state index contributed by atoms with van der Waals surface area (Å²) in [5.74, 6) is 6.18. The number of hydrogen-bond donors (Lipinski definition) is 3. The fraction of sp³-hybridized carbons (Fsp3) is 0.542. The van der Waals surface area contributed by atoms with Gasteiger partial charge in [-0.2, -0.15) is 0 Å². The standard InChI is InChI=1S/C24H37N7O2/c1-15-10-18-20(11-16(15)2)29(14-28-18)12-17(25)13-31(26)21(24(3,4)5)23(33)30-9-7-8-19(30)22(32)27-6/h10-11,13-14,19,21H,7-9,12,25-26H2,1-6H3,(H,27,32)/p+1/b17-13-/t19?,21-/m1/s1. The topological polar surface area (TPSA) is 124 Å². The van der Waals surface area contributed by atoms with Crippen LogP contribution in [0.2, 0.25) is 0 Å². The van der Waals surface area contributed by atoms with Gasteiger partial charge in [0, 0.05) is 13.6 Å². The van der Waals surface area contributed by atoms with Gasteiger partial charge in [-0.05, 0) is 55.4 Å². The third-order valence-corrected chi connectivity index (χ3v) is 6.38. The second kappa shape index (κ2) is 9.52. The number of aromatic nitrogens is 2. The molecule has 1 aromatic heterocycles. The van der Waals surface area contributed by atoms with E-state index in [4.69, 9.17) is 5.84 Å². The van der Waals surface area contributed by atoms with Crippen molar-refractivity contribution in [1.82, 2.24) is 24.8 Å². The van der Waals surface area contributed by atoms with Crippen LogP contribution in [0.5, 0.6) is 0 Å². The highest BCUT2D eigenvalue weighted by Crippen LogP contribution is 2.28. The summed E-state index contributed by atoms with van der Waals surface area (Å²) in [7, 11) is 1.60. The normalized spacial score (nSPS) is 18.0. The second-order valence-electron chi connectivity index (χ2n) is 10.1. The lowest BCUT2D eigenvalue weighted by molar-refractivity contribution is -0.309. The average molecular weight is 457 g/mol. The molecule has 33 heavy (non-hydrogen) atoms. The highest BCUT2D eigenvalue weighted by molar-refractivity contribution is 5.90. The number of nitrogens with one attached hydrogen (secondary N) is 1. The number of rotatable bonds is 6. The first-order valence-corrected chi connectivity index (χ1v) is 11.4. The molecule has 2 heterocycles. The highest BCUT2D eigenvalue weighted by Gasteiger charge is 2.42. The maximum absolute atomic E-state index is 13.6. The predicted molar refractivity (Wildman–Crippen MR) is 128 cm³/mol. The van der Waals surface area contributed by atoms with E-state index in [0.29, 0.717) is 19.5 Å². The summed E-state index contributed by atoms with van der Waals surface area (Å²) in [5.41, 5.74) is 8.86. The smallest absolute Gasteiger partial charge is 0.248 e. The number of aryl methyl sites for hydroxylation is 2. The number of hydrazine groups is 1. The number of amides is 2. The molecule has 0 aliphatic carbocycles. The first-order chi connectivity index (χ1) is 15.4. The zero-order valence-electron chi connectivity index (χ0n) is 20.7. The molecule has 0 bridgehead atoms. The van der Waals surface area contributed by atoms with Gasteiger partial charge in [0.05, 0.1) is 30.1 Å². The molecule has 0 spiro atoms. The largest absolute Gasteiger partial charge is 0.357 e. The van der Waals surface area contributed by atoms with Crippen LogP contribution in [-0.4, -0.2) is 57.0 Å². The predicted octanol–water partition coefficient (Wildman–Crippen LogP) is 1.06. The fourth-order valence-corrected chi connectivity index (χ4v) is 4.56. The number of carbonyl (C=O) groups excluding carboxylic acids is 2. The van der Waals surface area contributed by atoms with Gasteiger partial charge in [-0.1, -0.05) is 20.8 Å². The average Bonchev–Trinajstić information content (AvgIpc) is 3.34. The Balaban J connectivity index is 1.84. The minimum Gasteiger partial charge on any atom is -0.357 e. The van der Waals surface area contributed by atoms with E-state index in [2.05, 4.69) is 42.0 Å². The summed E-state index contributed by atoms with van der Waals surface area (Å²) in [5, 5.41) is 4.13. The maximum Gasteiger partial charge on any atom is 0.248 e. The Hall–Kier alpha value is -2.91. The van der Waals surface area contributed by atoms with E-state index >= 15 is 0 Å². The highest BCUT2D eigenvalue weighted by atomic mass is 16.2. The number of imidazole rings is 1. The SMILES string of the molecule is CNC(=O)C1CCCN1C(=O)[C@@H](N(N)/C=C(\[NH3+])Cn1cnc2cc(C)c(C)cc21)C(C)(C)C. The minimum absolute atomic E-state index is 0.136. The Kier molecular flexibility index (Phi) is 7.14. The molecule has 1 aromatic carbocycles. The zero-order valence-corrected chi connectivity index (χ0v) is 20.7. The van der Waals surface area contributed by atoms with Crippen molar-refractivity contribution >= 4 is 22.8 Å². The molecule has 1 fully saturated rings. The molecular formula is C24H38N7O2+. The molecule has 9 nitrogen and oxygen atoms in total. The van der Waals surface area contributed by atoms with Crippen molar-refractivity contribution in [2.75, 3.05) is 13.6 Å². The Bertz CT molecular complexity index is 1070. The van der Waals surface area contributed by atoms with Crippen LogP contribution >= 0.6 is 0 Å². The van der Waals surface area contributed by atoms with E-state index < -0.39 is 17.5 Å². The number of benzene rings is 1. The van der Waals surface area contributed by atoms with Crippen molar-refractivity contribution in [3.63, 3.8) is 0 Å². The molecule has 1 aliphatic heterocycles. The van der Waals surface area contributed by atoms with Gasteiger partial charge in [0.25, 0.3) is 0 Å². The van der Waals surface area contributed by atoms with Crippen LogP contribution in [0.1, 0.15) is 44.7 Å². The number of hydrogen-bond acceptors (Lipinski definition) is 5. The first kappa shape index (κ1) is 24.7. The third-order valence-electron chi connectivity index (χ3n) is 6.38. The molecule has 3 rings (SSSR count). The van der Waals surface area contributed by atoms with Crippen molar-refractivity contribution < 1.29 is 15.3 Å². The lowest BCUT2D eigenvalue weighted by Crippen LogP contribution is -2.59. The molecular weight excluding hydrogens is 418 g/mol. The molecule has 1 saturated heterocycles. The molecule has 2 atom stereocenters. The van der Waals surface area contributed by atoms with Crippen LogP contribution in [0.4, 0.5) is 0 Å². The number of nitrogens with zero attached hydrogens (tertiary/aromatic N) is 4. The number of carbonyl (C=O) groups is 2. The van der Waals surface area contributed by atoms with Gasteiger partial charge in [-0.15, -0.1) is 0 Å². The fourth-order valence-electron chi connectivity index (χ4n) is 4.56. The maximum atomic E-state index is 13.6. The van der Waals surface area contributed by atoms with E-state index in [1.54, 1.807) is 24.5 Å². The van der Waals surface area contributed by atoms with E-state index in [1.807, 2.05) is 25.3 Å². The minimum atomic E-state index is -0.635. The molecule has 180 valence electrons. The van der Waals surface area contributed by atoms with E-state index in [1.165, 1.54) is 16.1 Å². The van der Waals surface area contributed by atoms with Gasteiger partial charge in [-0.25, -0.2) is 10.8 Å². The van der Waals surface area contributed by atoms with Gasteiger partial charge in [0.15, 0.2) is 0 Å². The zero-order chi connectivity index (χ0) is 24.5. The number of allylic oxidation sites excluding steroid dienone is 1. The summed E-state index contributed by atoms with van der Waals surface area (Å²) in [6.45, 7) is 11.1. The molecule has 2 amide bonds. The number of likely N-dealkylation sites (tertiary alicyclic amines) is 1. The summed E-state index contributed by atoms with van der Waals surface area (Å²) in [6.07, 6.45) is 4.99. The quantitative estimate of drug-likeness (QED) is 0.443. The van der Waals surface area contributed by atoms with Crippen LogP contribution < -0.4 is 16.9 Å². The van der Waals surface area contributed by atoms with Crippen LogP contribution in [0.3, 0.4) is 0 Å². The van der Waals surface area contributed by atoms with Gasteiger partial charge in [-0.3, -0.25) is 14.6 Å². The molecule has 6 N–H and O–H groups in total. The van der Waals surface area contributed by atoms with Crippen LogP contribution in [-0.2, 0) is 16.1 Å². The Morgan fingerprint density at radius 1 is 1.33 bits per heavy atom. The molecule has 0 saturated carbocycles. The van der Waals surface area contributed by atoms with Gasteiger partial charge >= 0.3 is 0 Å². The Morgan fingerprint density at radius 3 is 2.64 bits per heavy atom. The third kappa shape index (κ3) is 5.20. The second-order valence-corrected chi connectivity index (χ2v) is 10.1. The molecule has 2 aromatic rings. The molecule has 1 aliphatic rings. The Morgan fingerprint density at radius 2 is 2.00 bits per heavy atom. The molecule has 0 radical (unpaired) electrons. The Labute approximate surface area is 195 Å². The van der Waals surface area contributed by atoms with E-state index in [9.17, 15) is 9.59 Å². The summed E-state index contributed by atoms with van der Waals surface area (Å²) in [6, 6.07) is 3.12. The van der Waals surface area contributed by atoms with Gasteiger partial charge in [0.1, 0.15) is 17.8 Å². The first-order valence-electron chi connectivity index (χ1n) is 11.4. The van der Waals surface area contributed by atoms with Crippen LogP contribution in [0, 0.1) is 19.3 Å². The van der Waals surface area contributed by atoms with Crippen molar-refractivity contribution in [3.8, 4) is 0 Å². The van der Waals surface area contributed by atoms with E-state index in [0.717, 1.165) is 23.2 Å². The molecule has 9 heteroatoms. The van der Waals surface area contributed by atoms with Gasteiger partial charge in [0.2, 0.25) is 11.8 Å². The summed E-state index contributed by atoms with van der Waals surface area (Å²) >= 11 is 0. The monoisotopic (exact) mass is 456 g/mol. The summed E-state index contributed by atoms with van der Waals surface area (Å²) < 4.78 is 2.03. The molecule has 1 unspecified atom stereocenters. The number of quaternary nitrogens is 1. The van der Waals surface area contributed by atoms with Crippen LogP contribution in [0.15, 0.2) is 30.4 Å². The lowest BCUT2D eigenvalue weighted by atomic mass is 9.85. The van der Waals surface area contributed by atoms with Crippen molar-refractivity contribution in [3.05, 3.63) is 41.5 Å². The lowest BCUT2D eigenvalue weighted by Gasteiger charge is -2.39. The number of fused-ring (bicyclic) bond motifs is 1. The summed E-state index contributed by atoms with van der Waals surface area (Å²) in [4.78, 5) is 32.0. The number of nitrogens with two attached hydrogens (primary N) is 1. The van der Waals surface area contributed by atoms with Crippen molar-refractivity contribution in [1.29, 1.82) is 0 Å².